The van der Waals surface area contributed by atoms with Crippen molar-refractivity contribution in [1.82, 2.24) is 25.5 Å². The van der Waals surface area contributed by atoms with Crippen LogP contribution < -0.4 is 21.1 Å². The summed E-state index contributed by atoms with van der Waals surface area (Å²) in [6.45, 7) is 8.38. The predicted molar refractivity (Wildman–Crippen MR) is 308 cm³/mol. The Morgan fingerprint density at radius 2 is 1.16 bits per heavy atom. The standard InChI is InChI=1S/C58H79F4N7O19S/c1-2-10-69(44-34-43(35-44)67-58(73)87-45-4-3-5-45)57(72)41-31-40-7-6-39(32-46(40)68-47(63)33-41)42-36-64-48(65-37-42)38-66-49(70)8-11-77-13-15-79-17-19-81-21-23-83-25-27-85-29-30-86-28-26-84-24-22-82-20-18-80-16-14-78-12-9-50(71)88-55-51(59)53(61)56(89(74,75)76)54(62)52(55)60/h6-7,31-32,36-37,43-45H,2-5,8-30,33-35,38H2,1H3,(H2,63,68)(H,66,70)(H,67,73)(H,74,75,76)/t43-,44-. The van der Waals surface area contributed by atoms with E-state index in [1.165, 1.54) is 0 Å². The molecule has 1 aromatic heterocycles. The predicted octanol–water partition coefficient (Wildman–Crippen LogP) is 4.94. The summed E-state index contributed by atoms with van der Waals surface area (Å²) in [6.07, 6.45) is 9.65. The van der Waals surface area contributed by atoms with E-state index >= 15 is 0 Å². The van der Waals surface area contributed by atoms with Crippen LogP contribution in [0.1, 0.15) is 76.1 Å². The molecule has 0 unspecified atom stereocenters. The van der Waals surface area contributed by atoms with Crippen molar-refractivity contribution in [2.75, 3.05) is 139 Å². The Kier molecular flexibility index (Phi) is 31.4. The third-order valence-electron chi connectivity index (χ3n) is 13.6. The Balaban J connectivity index is 0.667. The van der Waals surface area contributed by atoms with Gasteiger partial charge in [-0.1, -0.05) is 19.1 Å². The van der Waals surface area contributed by atoms with Gasteiger partial charge in [-0.3, -0.25) is 18.9 Å². The maximum Gasteiger partial charge on any atom is 0.407 e. The number of benzene rings is 2. The van der Waals surface area contributed by atoms with Crippen molar-refractivity contribution < 1.29 is 107 Å². The molecule has 3 aliphatic rings. The molecule has 494 valence electrons. The molecule has 31 heteroatoms. The normalized spacial score (nSPS) is 15.7. The SMILES string of the molecule is CCCN(C(=O)C1=Cc2ccc(-c3cnc(CNC(=O)CCOCCOCCOCCOCCOCCOCCOCCOCCOCCOCCC(=O)Oc4c(F)c(F)c(S(=O)(=O)O)c(F)c4F)nc3)cc2N=C(N)C1)[C@H]1C[C@H](NC(=O)OC2CCC2)C1. The summed E-state index contributed by atoms with van der Waals surface area (Å²) in [6, 6.07) is 5.67. The van der Waals surface area contributed by atoms with Crippen LogP contribution in [0.4, 0.5) is 28.0 Å². The van der Waals surface area contributed by atoms with Crippen molar-refractivity contribution in [3.63, 3.8) is 0 Å². The number of fused-ring (bicyclic) bond motifs is 1. The largest absolute Gasteiger partial charge is 0.446 e. The lowest BCUT2D eigenvalue weighted by atomic mass is 9.84. The lowest BCUT2D eigenvalue weighted by Crippen LogP contribution is -2.56. The van der Waals surface area contributed by atoms with Gasteiger partial charge >= 0.3 is 22.2 Å². The number of amides is 3. The minimum absolute atomic E-state index is 0.00361. The Morgan fingerprint density at radius 3 is 1.62 bits per heavy atom. The molecule has 2 aromatic carbocycles. The van der Waals surface area contributed by atoms with Crippen LogP contribution in [0.3, 0.4) is 0 Å². The number of aromatic nitrogens is 2. The second kappa shape index (κ2) is 39.0. The van der Waals surface area contributed by atoms with Gasteiger partial charge in [0.25, 0.3) is 5.91 Å². The highest BCUT2D eigenvalue weighted by Gasteiger charge is 2.39. The summed E-state index contributed by atoms with van der Waals surface area (Å²) >= 11 is 0. The zero-order chi connectivity index (χ0) is 63.8. The number of nitrogens with two attached hydrogens (primary N) is 1. The first-order chi connectivity index (χ1) is 43.0. The third-order valence-corrected chi connectivity index (χ3v) is 14.5. The summed E-state index contributed by atoms with van der Waals surface area (Å²) in [5, 5.41) is 5.76. The number of halogens is 4. The van der Waals surface area contributed by atoms with Crippen LogP contribution in [-0.2, 0) is 83.2 Å². The quantitative estimate of drug-likeness (QED) is 0.0145. The molecule has 1 aliphatic heterocycles. The molecule has 0 atom stereocenters. The number of rotatable bonds is 44. The minimum Gasteiger partial charge on any atom is -0.446 e. The van der Waals surface area contributed by atoms with E-state index in [2.05, 4.69) is 30.3 Å². The average molecular weight is 1290 g/mol. The van der Waals surface area contributed by atoms with E-state index in [0.717, 1.165) is 42.4 Å². The average Bonchev–Trinajstić information content (AvgIpc) is 1.46. The monoisotopic (exact) mass is 1290 g/mol. The van der Waals surface area contributed by atoms with E-state index in [0.29, 0.717) is 135 Å². The molecule has 2 fully saturated rings. The smallest absolute Gasteiger partial charge is 0.407 e. The summed E-state index contributed by atoms with van der Waals surface area (Å²) in [5.41, 5.74) is 9.88. The third kappa shape index (κ3) is 25.1. The van der Waals surface area contributed by atoms with E-state index < -0.39 is 56.4 Å². The van der Waals surface area contributed by atoms with Gasteiger partial charge in [-0.15, -0.1) is 0 Å². The number of nitrogens with zero attached hydrogens (tertiary/aromatic N) is 4. The molecular formula is C58H79F4N7O19S. The van der Waals surface area contributed by atoms with Crippen molar-refractivity contribution >= 4 is 51.6 Å². The van der Waals surface area contributed by atoms with Crippen LogP contribution in [-0.4, -0.2) is 214 Å². The van der Waals surface area contributed by atoms with E-state index in [4.69, 9.17) is 62.4 Å². The van der Waals surface area contributed by atoms with Crippen molar-refractivity contribution in [2.45, 2.75) is 94.3 Å². The molecule has 0 radical (unpaired) electrons. The number of carbonyl (C=O) groups excluding carboxylic acids is 4. The maximum absolute atomic E-state index is 14.0. The van der Waals surface area contributed by atoms with E-state index in [9.17, 15) is 45.2 Å². The number of esters is 1. The molecule has 0 spiro atoms. The maximum atomic E-state index is 14.0. The van der Waals surface area contributed by atoms with Gasteiger partial charge in [0, 0.05) is 60.6 Å². The molecule has 6 rings (SSSR count). The van der Waals surface area contributed by atoms with Crippen LogP contribution in [0, 0.1) is 23.3 Å². The van der Waals surface area contributed by atoms with Crippen molar-refractivity contribution in [1.29, 1.82) is 0 Å². The van der Waals surface area contributed by atoms with Gasteiger partial charge in [-0.2, -0.15) is 17.2 Å². The fourth-order valence-corrected chi connectivity index (χ4v) is 9.35. The highest BCUT2D eigenvalue weighted by molar-refractivity contribution is 7.85. The number of hydrogen-bond donors (Lipinski definition) is 4. The number of alkyl carbamates (subject to hydrolysis) is 1. The van der Waals surface area contributed by atoms with Crippen LogP contribution in [0.25, 0.3) is 17.2 Å². The molecule has 0 saturated heterocycles. The number of amidine groups is 1. The number of nitrogens with one attached hydrogen (secondary N) is 2. The Labute approximate surface area is 513 Å². The summed E-state index contributed by atoms with van der Waals surface area (Å²) in [7, 11) is -5.65. The van der Waals surface area contributed by atoms with Gasteiger partial charge < -0.3 is 78.1 Å². The van der Waals surface area contributed by atoms with Gasteiger partial charge in [0.1, 0.15) is 17.8 Å². The first kappa shape index (κ1) is 71.7. The van der Waals surface area contributed by atoms with Crippen molar-refractivity contribution in [3.8, 4) is 16.9 Å². The van der Waals surface area contributed by atoms with E-state index in [1.54, 1.807) is 12.4 Å². The first-order valence-corrected chi connectivity index (χ1v) is 30.8. The van der Waals surface area contributed by atoms with Crippen LogP contribution in [0.5, 0.6) is 5.75 Å². The minimum atomic E-state index is -5.65. The Bertz CT molecular complexity index is 2880. The molecule has 3 aromatic rings. The number of ether oxygens (including phenoxy) is 12. The van der Waals surface area contributed by atoms with Gasteiger partial charge in [0.2, 0.25) is 23.3 Å². The van der Waals surface area contributed by atoms with Gasteiger partial charge in [-0.25, -0.2) is 28.5 Å². The highest BCUT2D eigenvalue weighted by atomic mass is 32.2. The molecule has 2 saturated carbocycles. The van der Waals surface area contributed by atoms with Crippen LogP contribution in [0.15, 0.2) is 46.1 Å². The second-order valence-electron chi connectivity index (χ2n) is 20.3. The number of carbonyl (C=O) groups is 4. The fraction of sp³-hybridized carbons (Fsp3) is 0.603. The summed E-state index contributed by atoms with van der Waals surface area (Å²) in [4.78, 5) is 63.7. The van der Waals surface area contributed by atoms with Gasteiger partial charge in [0.15, 0.2) is 16.5 Å². The van der Waals surface area contributed by atoms with Gasteiger partial charge in [-0.05, 0) is 56.2 Å². The highest BCUT2D eigenvalue weighted by Crippen LogP contribution is 2.35. The summed E-state index contributed by atoms with van der Waals surface area (Å²) in [5.74, 6) is -12.2. The lowest BCUT2D eigenvalue weighted by Gasteiger charge is -2.43. The van der Waals surface area contributed by atoms with E-state index in [-0.39, 0.29) is 95.1 Å². The zero-order valence-electron chi connectivity index (χ0n) is 49.7. The molecule has 89 heavy (non-hydrogen) atoms. The topological polar surface area (TPSA) is 325 Å². The molecular weight excluding hydrogens is 1210 g/mol. The molecule has 3 amide bonds. The van der Waals surface area contributed by atoms with Crippen LogP contribution >= 0.6 is 0 Å². The molecule has 5 N–H and O–H groups in total. The van der Waals surface area contributed by atoms with E-state index in [1.807, 2.05) is 36.1 Å². The number of aliphatic imine (C=N–C) groups is 1. The van der Waals surface area contributed by atoms with Crippen molar-refractivity contribution in [3.05, 3.63) is 70.8 Å². The fourth-order valence-electron chi connectivity index (χ4n) is 8.72. The molecule has 26 nitrogen and oxygen atoms in total. The number of hydrogen-bond acceptors (Lipinski definition) is 22. The van der Waals surface area contributed by atoms with Crippen LogP contribution in [0.2, 0.25) is 0 Å². The first-order valence-electron chi connectivity index (χ1n) is 29.4. The molecule has 2 heterocycles. The zero-order valence-corrected chi connectivity index (χ0v) is 50.5. The molecule has 0 bridgehead atoms. The second-order valence-corrected chi connectivity index (χ2v) is 21.7. The molecule has 2 aliphatic carbocycles. The Hall–Kier alpha value is -6.36. The lowest BCUT2D eigenvalue weighted by molar-refractivity contribution is -0.136. The van der Waals surface area contributed by atoms with Crippen molar-refractivity contribution in [2.24, 2.45) is 10.7 Å². The van der Waals surface area contributed by atoms with Gasteiger partial charge in [0.05, 0.1) is 151 Å². The Morgan fingerprint density at radius 1 is 0.674 bits per heavy atom. The summed E-state index contributed by atoms with van der Waals surface area (Å²) < 4.78 is 151.